The van der Waals surface area contributed by atoms with Crippen molar-refractivity contribution in [3.8, 4) is 0 Å². The molecule has 2 atom stereocenters. The Bertz CT molecular complexity index is 180. The maximum atomic E-state index is 10.3. The lowest BCUT2D eigenvalue weighted by atomic mass is 9.73. The number of aliphatic hydroxyl groups is 1. The summed E-state index contributed by atoms with van der Waals surface area (Å²) in [5, 5.41) is 10.3. The van der Waals surface area contributed by atoms with Crippen LogP contribution in [0.25, 0.3) is 0 Å². The summed E-state index contributed by atoms with van der Waals surface area (Å²) in [4.78, 5) is 0. The van der Waals surface area contributed by atoms with E-state index in [0.717, 1.165) is 11.8 Å². The van der Waals surface area contributed by atoms with Gasteiger partial charge in [-0.3, -0.25) is 0 Å². The van der Waals surface area contributed by atoms with Gasteiger partial charge in [0.15, 0.2) is 0 Å². The van der Waals surface area contributed by atoms with Crippen LogP contribution < -0.4 is 0 Å². The van der Waals surface area contributed by atoms with Gasteiger partial charge in [0.1, 0.15) is 0 Å². The lowest BCUT2D eigenvalue weighted by molar-refractivity contribution is 0.0249. The molecule has 1 saturated carbocycles. The Morgan fingerprint density at radius 3 is 1.94 bits per heavy atom. The second-order valence-electron chi connectivity index (χ2n) is 6.18. The number of hydrogen-bond donors (Lipinski definition) is 1. The average Bonchev–Trinajstić information content (AvgIpc) is 2.28. The molecule has 0 aliphatic heterocycles. The highest BCUT2D eigenvalue weighted by atomic mass is 16.3. The van der Waals surface area contributed by atoms with Crippen molar-refractivity contribution in [2.75, 3.05) is 0 Å². The van der Waals surface area contributed by atoms with E-state index in [0.29, 0.717) is 11.8 Å². The molecular formula is C15H30O. The molecule has 2 unspecified atom stereocenters. The van der Waals surface area contributed by atoms with Gasteiger partial charge in [0, 0.05) is 0 Å². The van der Waals surface area contributed by atoms with E-state index >= 15 is 0 Å². The fourth-order valence-corrected chi connectivity index (χ4v) is 3.24. The topological polar surface area (TPSA) is 20.2 Å². The van der Waals surface area contributed by atoms with Crippen molar-refractivity contribution >= 4 is 0 Å². The van der Waals surface area contributed by atoms with Gasteiger partial charge < -0.3 is 5.11 Å². The summed E-state index contributed by atoms with van der Waals surface area (Å²) in [5.41, 5.74) is 0. The van der Waals surface area contributed by atoms with E-state index in [4.69, 9.17) is 0 Å². The second kappa shape index (κ2) is 6.64. The third-order valence-corrected chi connectivity index (χ3v) is 4.57. The fraction of sp³-hybridized carbons (Fsp3) is 1.00. The Morgan fingerprint density at radius 1 is 1.00 bits per heavy atom. The summed E-state index contributed by atoms with van der Waals surface area (Å²) < 4.78 is 0. The van der Waals surface area contributed by atoms with Crippen LogP contribution in [-0.2, 0) is 0 Å². The van der Waals surface area contributed by atoms with Crippen molar-refractivity contribution in [1.29, 1.82) is 0 Å². The van der Waals surface area contributed by atoms with Crippen molar-refractivity contribution in [1.82, 2.24) is 0 Å². The van der Waals surface area contributed by atoms with Crippen LogP contribution in [0.2, 0.25) is 0 Å². The summed E-state index contributed by atoms with van der Waals surface area (Å²) in [6.07, 6.45) is 7.48. The highest BCUT2D eigenvalue weighted by Crippen LogP contribution is 2.36. The van der Waals surface area contributed by atoms with Gasteiger partial charge >= 0.3 is 0 Å². The molecule has 0 radical (unpaired) electrons. The van der Waals surface area contributed by atoms with Gasteiger partial charge in [-0.25, -0.2) is 0 Å². The second-order valence-corrected chi connectivity index (χ2v) is 6.18. The van der Waals surface area contributed by atoms with Crippen LogP contribution in [0, 0.1) is 23.7 Å². The summed E-state index contributed by atoms with van der Waals surface area (Å²) in [6, 6.07) is 0. The van der Waals surface area contributed by atoms with E-state index in [1.165, 1.54) is 38.5 Å². The average molecular weight is 226 g/mol. The number of rotatable bonds is 5. The van der Waals surface area contributed by atoms with E-state index in [1.54, 1.807) is 0 Å². The Hall–Kier alpha value is -0.0400. The van der Waals surface area contributed by atoms with Gasteiger partial charge in [-0.2, -0.15) is 0 Å². The minimum absolute atomic E-state index is 0.0481. The predicted octanol–water partition coefficient (Wildman–Crippen LogP) is 4.25. The van der Waals surface area contributed by atoms with Crippen LogP contribution in [0.15, 0.2) is 0 Å². The summed E-state index contributed by atoms with van der Waals surface area (Å²) >= 11 is 0. The van der Waals surface area contributed by atoms with E-state index in [-0.39, 0.29) is 6.10 Å². The van der Waals surface area contributed by atoms with Crippen LogP contribution in [0.3, 0.4) is 0 Å². The molecule has 1 N–H and O–H groups in total. The van der Waals surface area contributed by atoms with Gasteiger partial charge in [-0.05, 0) is 55.8 Å². The van der Waals surface area contributed by atoms with Gasteiger partial charge in [-0.1, -0.05) is 34.1 Å². The monoisotopic (exact) mass is 226 g/mol. The first kappa shape index (κ1) is 14.0. The molecule has 96 valence electrons. The largest absolute Gasteiger partial charge is 0.393 e. The summed E-state index contributed by atoms with van der Waals surface area (Å²) in [7, 11) is 0. The van der Waals surface area contributed by atoms with E-state index < -0.39 is 0 Å². The van der Waals surface area contributed by atoms with Crippen LogP contribution in [0.4, 0.5) is 0 Å². The molecular weight excluding hydrogens is 196 g/mol. The van der Waals surface area contributed by atoms with Crippen LogP contribution >= 0.6 is 0 Å². The van der Waals surface area contributed by atoms with E-state index in [1.807, 2.05) is 0 Å². The van der Waals surface area contributed by atoms with Crippen molar-refractivity contribution < 1.29 is 5.11 Å². The smallest absolute Gasteiger partial charge is 0.0593 e. The Morgan fingerprint density at radius 2 is 1.50 bits per heavy atom. The number of aliphatic hydroxyl groups excluding tert-OH is 1. The molecule has 1 heteroatoms. The first-order valence-corrected chi connectivity index (χ1v) is 7.24. The zero-order valence-corrected chi connectivity index (χ0v) is 11.6. The van der Waals surface area contributed by atoms with Crippen molar-refractivity contribution in [3.63, 3.8) is 0 Å². The minimum Gasteiger partial charge on any atom is -0.393 e. The lowest BCUT2D eigenvalue weighted by Gasteiger charge is -2.35. The highest BCUT2D eigenvalue weighted by Gasteiger charge is 2.29. The molecule has 1 fully saturated rings. The molecule has 0 saturated heterocycles. The summed E-state index contributed by atoms with van der Waals surface area (Å²) in [5.74, 6) is 2.80. The molecule has 0 spiro atoms. The zero-order valence-electron chi connectivity index (χ0n) is 11.6. The van der Waals surface area contributed by atoms with Crippen molar-refractivity contribution in [2.45, 2.75) is 72.3 Å². The minimum atomic E-state index is -0.0481. The molecule has 1 aliphatic carbocycles. The predicted molar refractivity (Wildman–Crippen MR) is 70.4 cm³/mol. The Kier molecular flexibility index (Phi) is 5.82. The Balaban J connectivity index is 2.35. The van der Waals surface area contributed by atoms with E-state index in [9.17, 15) is 5.11 Å². The van der Waals surface area contributed by atoms with Crippen molar-refractivity contribution in [3.05, 3.63) is 0 Å². The SMILES string of the molecule is CCCC(C)C(O)C1CCC(C(C)C)CC1. The standard InChI is InChI=1S/C15H30O/c1-5-6-12(4)15(16)14-9-7-13(8-10-14)11(2)3/h11-16H,5-10H2,1-4H3. The quantitative estimate of drug-likeness (QED) is 0.743. The van der Waals surface area contributed by atoms with E-state index in [2.05, 4.69) is 27.7 Å². The normalized spacial score (nSPS) is 30.4. The molecule has 1 rings (SSSR count). The molecule has 0 aromatic carbocycles. The van der Waals surface area contributed by atoms with Crippen LogP contribution in [0.1, 0.15) is 66.2 Å². The molecule has 0 aromatic rings. The highest BCUT2D eigenvalue weighted by molar-refractivity contribution is 4.81. The number of hydrogen-bond acceptors (Lipinski definition) is 1. The molecule has 0 amide bonds. The Labute approximate surface area is 102 Å². The zero-order chi connectivity index (χ0) is 12.1. The van der Waals surface area contributed by atoms with Crippen LogP contribution in [-0.4, -0.2) is 11.2 Å². The van der Waals surface area contributed by atoms with Crippen LogP contribution in [0.5, 0.6) is 0 Å². The fourth-order valence-electron chi connectivity index (χ4n) is 3.24. The van der Waals surface area contributed by atoms with Gasteiger partial charge in [-0.15, -0.1) is 0 Å². The van der Waals surface area contributed by atoms with Crippen molar-refractivity contribution in [2.24, 2.45) is 23.7 Å². The molecule has 1 nitrogen and oxygen atoms in total. The maximum absolute atomic E-state index is 10.3. The molecule has 1 aliphatic rings. The van der Waals surface area contributed by atoms with Gasteiger partial charge in [0.2, 0.25) is 0 Å². The third kappa shape index (κ3) is 3.76. The lowest BCUT2D eigenvalue weighted by Crippen LogP contribution is -2.31. The first-order chi connectivity index (χ1) is 7.56. The molecule has 16 heavy (non-hydrogen) atoms. The molecule has 0 aromatic heterocycles. The first-order valence-electron chi connectivity index (χ1n) is 7.24. The van der Waals surface area contributed by atoms with Gasteiger partial charge in [0.25, 0.3) is 0 Å². The molecule has 0 bridgehead atoms. The maximum Gasteiger partial charge on any atom is 0.0593 e. The summed E-state index contributed by atoms with van der Waals surface area (Å²) in [6.45, 7) is 9.09. The van der Waals surface area contributed by atoms with Gasteiger partial charge in [0.05, 0.1) is 6.10 Å². The molecule has 0 heterocycles. The third-order valence-electron chi connectivity index (χ3n) is 4.57.